The first-order valence-electron chi connectivity index (χ1n) is 3.72. The van der Waals surface area contributed by atoms with Crippen LogP contribution >= 0.6 is 11.6 Å². The van der Waals surface area contributed by atoms with Crippen LogP contribution in [0.5, 0.6) is 0 Å². The molecule has 0 saturated carbocycles. The van der Waals surface area contributed by atoms with Crippen LogP contribution in [0.25, 0.3) is 0 Å². The summed E-state index contributed by atoms with van der Waals surface area (Å²) in [5, 5.41) is 8.67. The third-order valence-electron chi connectivity index (χ3n) is 1.39. The standard InChI is InChI=1S/C7H3ClF3N3O2/c8-6(7(9,10)11)13-5-3-4(14(15)16)1-2-12-5/h1-3H. The van der Waals surface area contributed by atoms with Crippen molar-refractivity contribution in [1.82, 2.24) is 4.98 Å². The Hall–Kier alpha value is -1.70. The number of rotatable bonds is 2. The highest BCUT2D eigenvalue weighted by Gasteiger charge is 2.34. The largest absolute Gasteiger partial charge is 0.444 e. The van der Waals surface area contributed by atoms with E-state index in [-0.39, 0.29) is 0 Å². The summed E-state index contributed by atoms with van der Waals surface area (Å²) in [6.45, 7) is 0. The molecule has 0 aromatic carbocycles. The number of hydrogen-bond donors (Lipinski definition) is 0. The Morgan fingerprint density at radius 3 is 2.69 bits per heavy atom. The topological polar surface area (TPSA) is 68.4 Å². The number of nitro groups is 1. The second-order valence-corrected chi connectivity index (χ2v) is 2.89. The molecule has 1 heterocycles. The van der Waals surface area contributed by atoms with E-state index in [1.807, 2.05) is 0 Å². The van der Waals surface area contributed by atoms with Crippen LogP contribution in [-0.4, -0.2) is 21.3 Å². The third kappa shape index (κ3) is 3.16. The summed E-state index contributed by atoms with van der Waals surface area (Å²) in [5.74, 6) is -0.475. The summed E-state index contributed by atoms with van der Waals surface area (Å²) in [6.07, 6.45) is -3.83. The molecule has 0 unspecified atom stereocenters. The van der Waals surface area contributed by atoms with Gasteiger partial charge in [0, 0.05) is 12.3 Å². The highest BCUT2D eigenvalue weighted by atomic mass is 35.5. The smallest absolute Gasteiger partial charge is 0.258 e. The van der Waals surface area contributed by atoms with E-state index in [1.165, 1.54) is 0 Å². The molecule has 0 N–H and O–H groups in total. The fourth-order valence-electron chi connectivity index (χ4n) is 0.746. The Balaban J connectivity index is 3.07. The minimum absolute atomic E-state index is 0.416. The maximum atomic E-state index is 12.0. The lowest BCUT2D eigenvalue weighted by molar-refractivity contribution is -0.384. The number of aliphatic imine (C=N–C) groups is 1. The van der Waals surface area contributed by atoms with E-state index in [2.05, 4.69) is 9.98 Å². The number of hydrogen-bond acceptors (Lipinski definition) is 4. The Morgan fingerprint density at radius 1 is 1.56 bits per heavy atom. The molecule has 0 saturated heterocycles. The van der Waals surface area contributed by atoms with Gasteiger partial charge in [-0.05, 0) is 0 Å². The zero-order valence-corrected chi connectivity index (χ0v) is 8.16. The summed E-state index contributed by atoms with van der Waals surface area (Å²) >= 11 is 4.84. The lowest BCUT2D eigenvalue weighted by Crippen LogP contribution is -2.16. The minimum atomic E-state index is -4.80. The van der Waals surface area contributed by atoms with Crippen molar-refractivity contribution < 1.29 is 18.1 Å². The lowest BCUT2D eigenvalue weighted by atomic mass is 10.4. The van der Waals surface area contributed by atoms with E-state index in [1.54, 1.807) is 0 Å². The molecular formula is C7H3ClF3N3O2. The SMILES string of the molecule is O=[N+]([O-])c1ccnc(N=C(Cl)C(F)(F)F)c1. The highest BCUT2D eigenvalue weighted by molar-refractivity contribution is 6.67. The van der Waals surface area contributed by atoms with Crippen molar-refractivity contribution in [2.24, 2.45) is 4.99 Å². The van der Waals surface area contributed by atoms with Gasteiger partial charge in [0.2, 0.25) is 5.17 Å². The molecule has 16 heavy (non-hydrogen) atoms. The van der Waals surface area contributed by atoms with Gasteiger partial charge in [-0.15, -0.1) is 0 Å². The highest BCUT2D eigenvalue weighted by Crippen LogP contribution is 2.24. The van der Waals surface area contributed by atoms with Crippen LogP contribution in [0.4, 0.5) is 24.7 Å². The molecule has 1 aromatic heterocycles. The molecule has 0 atom stereocenters. The summed E-state index contributed by atoms with van der Waals surface area (Å²) in [4.78, 5) is 15.8. The molecule has 0 aliphatic carbocycles. The van der Waals surface area contributed by atoms with Crippen LogP contribution in [0.2, 0.25) is 0 Å². The lowest BCUT2D eigenvalue weighted by Gasteiger charge is -2.02. The number of aromatic nitrogens is 1. The van der Waals surface area contributed by atoms with Crippen molar-refractivity contribution in [2.45, 2.75) is 6.18 Å². The summed E-state index contributed by atoms with van der Waals surface area (Å²) in [6, 6.07) is 1.81. The average molecular weight is 254 g/mol. The molecule has 0 bridgehead atoms. The minimum Gasteiger partial charge on any atom is -0.258 e. The predicted molar refractivity (Wildman–Crippen MR) is 49.9 cm³/mol. The van der Waals surface area contributed by atoms with Crippen LogP contribution in [0, 0.1) is 10.1 Å². The van der Waals surface area contributed by atoms with Crippen molar-refractivity contribution in [3.05, 3.63) is 28.4 Å². The van der Waals surface area contributed by atoms with Crippen LogP contribution in [-0.2, 0) is 0 Å². The molecule has 0 radical (unpaired) electrons. The fourth-order valence-corrected chi connectivity index (χ4v) is 0.833. The molecule has 0 aliphatic rings. The quantitative estimate of drug-likeness (QED) is 0.462. The monoisotopic (exact) mass is 253 g/mol. The molecule has 86 valence electrons. The maximum Gasteiger partial charge on any atom is 0.444 e. The van der Waals surface area contributed by atoms with Gasteiger partial charge in [0.25, 0.3) is 5.69 Å². The van der Waals surface area contributed by atoms with Gasteiger partial charge in [0.1, 0.15) is 0 Å². The van der Waals surface area contributed by atoms with Crippen LogP contribution in [0.3, 0.4) is 0 Å². The molecule has 5 nitrogen and oxygen atoms in total. The van der Waals surface area contributed by atoms with E-state index in [0.29, 0.717) is 0 Å². The molecular weight excluding hydrogens is 251 g/mol. The van der Waals surface area contributed by atoms with Crippen LogP contribution in [0.1, 0.15) is 0 Å². The van der Waals surface area contributed by atoms with E-state index in [4.69, 9.17) is 11.6 Å². The summed E-state index contributed by atoms with van der Waals surface area (Å²) in [7, 11) is 0. The first-order chi connectivity index (χ1) is 7.30. The van der Waals surface area contributed by atoms with Gasteiger partial charge in [0.15, 0.2) is 5.82 Å². The number of halogens is 4. The van der Waals surface area contributed by atoms with Crippen LogP contribution in [0.15, 0.2) is 23.3 Å². The van der Waals surface area contributed by atoms with E-state index >= 15 is 0 Å². The van der Waals surface area contributed by atoms with E-state index in [0.717, 1.165) is 18.3 Å². The van der Waals surface area contributed by atoms with Crippen molar-refractivity contribution >= 4 is 28.3 Å². The molecule has 0 aliphatic heterocycles. The van der Waals surface area contributed by atoms with Crippen molar-refractivity contribution in [2.75, 3.05) is 0 Å². The van der Waals surface area contributed by atoms with Crippen molar-refractivity contribution in [3.8, 4) is 0 Å². The van der Waals surface area contributed by atoms with Gasteiger partial charge in [0.05, 0.1) is 11.0 Å². The van der Waals surface area contributed by atoms with Gasteiger partial charge in [-0.25, -0.2) is 9.98 Å². The zero-order chi connectivity index (χ0) is 12.3. The third-order valence-corrected chi connectivity index (χ3v) is 1.69. The van der Waals surface area contributed by atoms with Gasteiger partial charge < -0.3 is 0 Å². The second-order valence-electron chi connectivity index (χ2n) is 2.53. The van der Waals surface area contributed by atoms with E-state index < -0.39 is 27.8 Å². The molecule has 0 amide bonds. The van der Waals surface area contributed by atoms with Gasteiger partial charge in [-0.3, -0.25) is 10.1 Å². The number of alkyl halides is 3. The number of pyridine rings is 1. The Labute approximate surface area is 91.7 Å². The average Bonchev–Trinajstić information content (AvgIpc) is 2.16. The fraction of sp³-hybridized carbons (Fsp3) is 0.143. The molecule has 0 fully saturated rings. The molecule has 1 aromatic rings. The van der Waals surface area contributed by atoms with E-state index in [9.17, 15) is 23.3 Å². The van der Waals surface area contributed by atoms with Gasteiger partial charge >= 0.3 is 6.18 Å². The first kappa shape index (κ1) is 12.4. The van der Waals surface area contributed by atoms with Crippen molar-refractivity contribution in [3.63, 3.8) is 0 Å². The first-order valence-corrected chi connectivity index (χ1v) is 4.10. The molecule has 1 rings (SSSR count). The van der Waals surface area contributed by atoms with Crippen molar-refractivity contribution in [1.29, 1.82) is 0 Å². The zero-order valence-electron chi connectivity index (χ0n) is 7.40. The van der Waals surface area contributed by atoms with Gasteiger partial charge in [-0.2, -0.15) is 13.2 Å². The van der Waals surface area contributed by atoms with Gasteiger partial charge in [-0.1, -0.05) is 11.6 Å². The second kappa shape index (κ2) is 4.44. The maximum absolute atomic E-state index is 12.0. The van der Waals surface area contributed by atoms with Crippen LogP contribution < -0.4 is 0 Å². The Kier molecular flexibility index (Phi) is 3.43. The molecule has 9 heteroatoms. The summed E-state index contributed by atoms with van der Waals surface area (Å²) in [5.41, 5.74) is -0.416. The summed E-state index contributed by atoms with van der Waals surface area (Å²) < 4.78 is 35.9. The Morgan fingerprint density at radius 2 is 2.19 bits per heavy atom. The molecule has 0 spiro atoms. The number of nitrogens with zero attached hydrogens (tertiary/aromatic N) is 3. The predicted octanol–water partition coefficient (Wildman–Crippen LogP) is 2.82. The Bertz CT molecular complexity index is 447. The normalized spacial score (nSPS) is 12.6.